The lowest BCUT2D eigenvalue weighted by Gasteiger charge is -2.08. The van der Waals surface area contributed by atoms with E-state index in [1.807, 2.05) is 18.4 Å². The molecule has 0 aromatic carbocycles. The molecule has 1 amide bonds. The molecule has 0 aliphatic carbocycles. The Labute approximate surface area is 121 Å². The van der Waals surface area contributed by atoms with E-state index in [1.165, 1.54) is 22.2 Å². The number of thioether (sulfide) groups is 1. The smallest absolute Gasteiger partial charge is 0.230 e. The zero-order valence-electron chi connectivity index (χ0n) is 10.7. The van der Waals surface area contributed by atoms with Crippen LogP contribution in [0.4, 0.5) is 0 Å². The number of carbonyl (C=O) groups is 1. The third-order valence-electron chi connectivity index (χ3n) is 3.06. The van der Waals surface area contributed by atoms with Crippen LogP contribution < -0.4 is 5.32 Å². The Morgan fingerprint density at radius 2 is 2.37 bits per heavy atom. The minimum absolute atomic E-state index is 0.0258. The van der Waals surface area contributed by atoms with Crippen molar-refractivity contribution in [3.05, 3.63) is 21.9 Å². The van der Waals surface area contributed by atoms with Crippen molar-refractivity contribution < 1.29 is 13.2 Å². The molecule has 1 N–H and O–H groups in total. The summed E-state index contributed by atoms with van der Waals surface area (Å²) in [7, 11) is -2.85. The van der Waals surface area contributed by atoms with Crippen molar-refractivity contribution in [2.24, 2.45) is 0 Å². The molecule has 1 aliphatic heterocycles. The molecule has 2 rings (SSSR count). The number of amides is 1. The molecule has 1 aliphatic rings. The van der Waals surface area contributed by atoms with E-state index < -0.39 is 9.84 Å². The van der Waals surface area contributed by atoms with Gasteiger partial charge < -0.3 is 5.32 Å². The maximum absolute atomic E-state index is 11.7. The zero-order valence-corrected chi connectivity index (χ0v) is 13.2. The molecule has 0 bridgehead atoms. The molecule has 0 saturated carbocycles. The van der Waals surface area contributed by atoms with Gasteiger partial charge in [0.2, 0.25) is 5.91 Å². The molecule has 4 nitrogen and oxygen atoms in total. The SMILES string of the molecule is Cc1ccsc1CNC(=O)CS[C@H]1CCS(=O)(=O)C1. The van der Waals surface area contributed by atoms with Crippen LogP contribution in [0.25, 0.3) is 0 Å². The molecular formula is C12H17NO3S3. The number of thiophene rings is 1. The van der Waals surface area contributed by atoms with E-state index in [9.17, 15) is 13.2 Å². The van der Waals surface area contributed by atoms with Gasteiger partial charge in [0.15, 0.2) is 9.84 Å². The van der Waals surface area contributed by atoms with Crippen molar-refractivity contribution in [2.45, 2.75) is 25.1 Å². The zero-order chi connectivity index (χ0) is 13.9. The predicted octanol–water partition coefficient (Wildman–Crippen LogP) is 1.59. The highest BCUT2D eigenvalue weighted by atomic mass is 32.2. The van der Waals surface area contributed by atoms with Crippen LogP contribution in [0.15, 0.2) is 11.4 Å². The first-order valence-corrected chi connectivity index (χ1v) is 9.83. The largest absolute Gasteiger partial charge is 0.350 e. The second-order valence-electron chi connectivity index (χ2n) is 4.64. The molecule has 2 heterocycles. The topological polar surface area (TPSA) is 63.2 Å². The number of hydrogen-bond donors (Lipinski definition) is 1. The molecule has 1 aromatic rings. The van der Waals surface area contributed by atoms with Crippen LogP contribution >= 0.6 is 23.1 Å². The quantitative estimate of drug-likeness (QED) is 0.895. The van der Waals surface area contributed by atoms with E-state index >= 15 is 0 Å². The summed E-state index contributed by atoms with van der Waals surface area (Å²) in [5.74, 6) is 0.794. The van der Waals surface area contributed by atoms with Crippen LogP contribution in [0, 0.1) is 6.92 Å². The Morgan fingerprint density at radius 1 is 1.58 bits per heavy atom. The molecule has 1 atom stereocenters. The second kappa shape index (κ2) is 6.28. The highest BCUT2D eigenvalue weighted by Gasteiger charge is 2.28. The maximum Gasteiger partial charge on any atom is 0.230 e. The summed E-state index contributed by atoms with van der Waals surface area (Å²) in [5, 5.41) is 4.96. The lowest BCUT2D eigenvalue weighted by molar-refractivity contribution is -0.118. The van der Waals surface area contributed by atoms with Gasteiger partial charge in [0.1, 0.15) is 0 Å². The number of nitrogens with one attached hydrogen (secondary N) is 1. The van der Waals surface area contributed by atoms with Gasteiger partial charge in [-0.15, -0.1) is 23.1 Å². The lowest BCUT2D eigenvalue weighted by atomic mass is 10.3. The number of aryl methyl sites for hydroxylation is 1. The van der Waals surface area contributed by atoms with Gasteiger partial charge in [-0.3, -0.25) is 4.79 Å². The Morgan fingerprint density at radius 3 is 2.95 bits per heavy atom. The van der Waals surface area contributed by atoms with Gasteiger partial charge in [-0.05, 0) is 30.4 Å². The Hall–Kier alpha value is -0.530. The van der Waals surface area contributed by atoms with Gasteiger partial charge in [-0.25, -0.2) is 8.42 Å². The Bertz CT molecular complexity index is 550. The van der Waals surface area contributed by atoms with Crippen LogP contribution in [-0.4, -0.2) is 36.8 Å². The van der Waals surface area contributed by atoms with Crippen LogP contribution in [0.1, 0.15) is 16.9 Å². The summed E-state index contributed by atoms with van der Waals surface area (Å²) < 4.78 is 22.6. The molecule has 19 heavy (non-hydrogen) atoms. The number of carbonyl (C=O) groups excluding carboxylic acids is 1. The van der Waals surface area contributed by atoms with Crippen molar-refractivity contribution >= 4 is 38.8 Å². The summed E-state index contributed by atoms with van der Waals surface area (Å²) >= 11 is 3.08. The molecule has 7 heteroatoms. The Kier molecular flexibility index (Phi) is 4.92. The van der Waals surface area contributed by atoms with Crippen molar-refractivity contribution in [3.63, 3.8) is 0 Å². The van der Waals surface area contributed by atoms with Gasteiger partial charge in [0.05, 0.1) is 23.8 Å². The first kappa shape index (κ1) is 14.9. The van der Waals surface area contributed by atoms with E-state index in [4.69, 9.17) is 0 Å². The number of hydrogen-bond acceptors (Lipinski definition) is 5. The minimum Gasteiger partial charge on any atom is -0.350 e. The second-order valence-corrected chi connectivity index (χ2v) is 9.16. The fourth-order valence-corrected chi connectivity index (χ4v) is 6.22. The maximum atomic E-state index is 11.7. The molecule has 0 unspecified atom stereocenters. The highest BCUT2D eigenvalue weighted by Crippen LogP contribution is 2.24. The van der Waals surface area contributed by atoms with Gasteiger partial charge in [-0.1, -0.05) is 0 Å². The molecule has 0 radical (unpaired) electrons. The summed E-state index contributed by atoms with van der Waals surface area (Å²) in [6.07, 6.45) is 0.671. The first-order valence-electron chi connectivity index (χ1n) is 6.08. The average Bonchev–Trinajstić information content (AvgIpc) is 2.90. The van der Waals surface area contributed by atoms with E-state index in [2.05, 4.69) is 5.32 Å². The fraction of sp³-hybridized carbons (Fsp3) is 0.583. The van der Waals surface area contributed by atoms with Crippen LogP contribution in [0.3, 0.4) is 0 Å². The minimum atomic E-state index is -2.85. The molecule has 1 fully saturated rings. The number of sulfone groups is 1. The third-order valence-corrected chi connectivity index (χ3v) is 7.36. The van der Waals surface area contributed by atoms with E-state index in [0.717, 1.165) is 0 Å². The standard InChI is InChI=1S/C12H17NO3S3/c1-9-2-4-17-11(9)6-13-12(14)7-18-10-3-5-19(15,16)8-10/h2,4,10H,3,5-8H2,1H3,(H,13,14)/t10-/m0/s1. The van der Waals surface area contributed by atoms with Crippen LogP contribution in [-0.2, 0) is 21.2 Å². The van der Waals surface area contributed by atoms with Gasteiger partial charge in [0.25, 0.3) is 0 Å². The predicted molar refractivity (Wildman–Crippen MR) is 80.4 cm³/mol. The lowest BCUT2D eigenvalue weighted by Crippen LogP contribution is -2.25. The van der Waals surface area contributed by atoms with Gasteiger partial charge >= 0.3 is 0 Å². The molecule has 0 spiro atoms. The summed E-state index contributed by atoms with van der Waals surface area (Å²) in [5.41, 5.74) is 1.19. The number of rotatable bonds is 5. The van der Waals surface area contributed by atoms with Crippen molar-refractivity contribution in [1.82, 2.24) is 5.32 Å². The summed E-state index contributed by atoms with van der Waals surface area (Å²) in [6.45, 7) is 2.59. The van der Waals surface area contributed by atoms with Crippen molar-refractivity contribution in [1.29, 1.82) is 0 Å². The molecule has 1 aromatic heterocycles. The summed E-state index contributed by atoms with van der Waals surface area (Å²) in [4.78, 5) is 12.9. The summed E-state index contributed by atoms with van der Waals surface area (Å²) in [6, 6.07) is 2.03. The van der Waals surface area contributed by atoms with Crippen molar-refractivity contribution in [2.75, 3.05) is 17.3 Å². The monoisotopic (exact) mass is 319 g/mol. The van der Waals surface area contributed by atoms with E-state index in [1.54, 1.807) is 11.3 Å². The van der Waals surface area contributed by atoms with E-state index in [-0.39, 0.29) is 22.7 Å². The third kappa shape index (κ3) is 4.50. The Balaban J connectivity index is 1.69. The molecule has 1 saturated heterocycles. The molecule has 106 valence electrons. The normalized spacial score (nSPS) is 21.4. The molecular weight excluding hydrogens is 302 g/mol. The fourth-order valence-electron chi connectivity index (χ4n) is 1.90. The van der Waals surface area contributed by atoms with Crippen LogP contribution in [0.2, 0.25) is 0 Å². The van der Waals surface area contributed by atoms with Crippen LogP contribution in [0.5, 0.6) is 0 Å². The van der Waals surface area contributed by atoms with Crippen molar-refractivity contribution in [3.8, 4) is 0 Å². The first-order chi connectivity index (χ1) is 8.96. The highest BCUT2D eigenvalue weighted by molar-refractivity contribution is 8.02. The van der Waals surface area contributed by atoms with Gasteiger partial charge in [-0.2, -0.15) is 0 Å². The average molecular weight is 319 g/mol. The van der Waals surface area contributed by atoms with Gasteiger partial charge in [0, 0.05) is 10.1 Å². The van der Waals surface area contributed by atoms with E-state index in [0.29, 0.717) is 18.7 Å².